The lowest BCUT2D eigenvalue weighted by Gasteiger charge is -2.20. The average molecular weight is 334 g/mol. The predicted octanol–water partition coefficient (Wildman–Crippen LogP) is 1.12. The van der Waals surface area contributed by atoms with Crippen molar-refractivity contribution in [3.63, 3.8) is 0 Å². The zero-order chi connectivity index (χ0) is 17.7. The number of rotatable bonds is 5. The fourth-order valence-electron chi connectivity index (χ4n) is 1.84. The molecule has 1 aromatic rings. The van der Waals surface area contributed by atoms with E-state index in [9.17, 15) is 14.4 Å². The summed E-state index contributed by atoms with van der Waals surface area (Å²) in [7, 11) is 0. The van der Waals surface area contributed by atoms with E-state index >= 15 is 0 Å². The first-order chi connectivity index (χ1) is 11.4. The molecule has 1 heterocycles. The van der Waals surface area contributed by atoms with E-state index in [0.717, 1.165) is 6.20 Å². The van der Waals surface area contributed by atoms with Crippen molar-refractivity contribution in [2.45, 2.75) is 6.92 Å². The number of hydrogen-bond acceptors (Lipinski definition) is 6. The number of amidine groups is 1. The Hall–Kier alpha value is -3.36. The van der Waals surface area contributed by atoms with Crippen molar-refractivity contribution in [1.29, 1.82) is 0 Å². The summed E-state index contributed by atoms with van der Waals surface area (Å²) in [5.74, 6) is -3.03. The third-order valence-electron chi connectivity index (χ3n) is 2.95. The van der Waals surface area contributed by atoms with Crippen LogP contribution in [-0.2, 0) is 14.3 Å². The number of carbonyl (C=O) groups excluding carboxylic acids is 1. The van der Waals surface area contributed by atoms with Gasteiger partial charge < -0.3 is 25.0 Å². The van der Waals surface area contributed by atoms with Gasteiger partial charge in [0.1, 0.15) is 18.2 Å². The first-order valence-electron chi connectivity index (χ1n) is 6.86. The number of carbonyl (C=O) groups is 3. The second-order valence-corrected chi connectivity index (χ2v) is 4.57. The smallest absolute Gasteiger partial charge is 0.344 e. The molecule has 3 N–H and O–H groups in total. The van der Waals surface area contributed by atoms with E-state index in [1.165, 1.54) is 12.1 Å². The maximum Gasteiger partial charge on any atom is 0.344 e. The van der Waals surface area contributed by atoms with Gasteiger partial charge in [-0.2, -0.15) is 0 Å². The summed E-state index contributed by atoms with van der Waals surface area (Å²) >= 11 is 0. The minimum atomic E-state index is -1.59. The maximum atomic E-state index is 11.7. The highest BCUT2D eigenvalue weighted by Crippen LogP contribution is 2.29. The van der Waals surface area contributed by atoms with Gasteiger partial charge in [-0.3, -0.25) is 0 Å². The lowest BCUT2D eigenvalue weighted by molar-refractivity contribution is -0.140. The van der Waals surface area contributed by atoms with E-state index < -0.39 is 23.5 Å². The van der Waals surface area contributed by atoms with E-state index in [0.29, 0.717) is 17.0 Å². The molecule has 0 saturated carbocycles. The number of esters is 1. The summed E-state index contributed by atoms with van der Waals surface area (Å²) in [6.07, 6.45) is 0.730. The number of hydrogen-bond donors (Lipinski definition) is 3. The van der Waals surface area contributed by atoms with Crippen LogP contribution < -0.4 is 10.1 Å². The number of ether oxygens (including phenoxy) is 2. The molecule has 24 heavy (non-hydrogen) atoms. The predicted molar refractivity (Wildman–Crippen MR) is 82.3 cm³/mol. The molecule has 0 amide bonds. The van der Waals surface area contributed by atoms with Gasteiger partial charge >= 0.3 is 17.9 Å². The molecule has 0 fully saturated rings. The van der Waals surface area contributed by atoms with Crippen molar-refractivity contribution < 1.29 is 34.1 Å². The summed E-state index contributed by atoms with van der Waals surface area (Å²) in [6, 6.07) is 4.62. The third kappa shape index (κ3) is 3.88. The topological polar surface area (TPSA) is 135 Å². The van der Waals surface area contributed by atoms with E-state index in [4.69, 9.17) is 19.7 Å². The van der Waals surface area contributed by atoms with E-state index in [-0.39, 0.29) is 19.0 Å². The quantitative estimate of drug-likeness (QED) is 0.315. The van der Waals surface area contributed by atoms with Gasteiger partial charge in [-0.25, -0.2) is 19.4 Å². The van der Waals surface area contributed by atoms with Crippen LogP contribution in [0.3, 0.4) is 0 Å². The normalized spacial score (nSPS) is 14.0. The lowest BCUT2D eigenvalue weighted by Crippen LogP contribution is -2.26. The molecule has 0 bridgehead atoms. The number of aliphatic imine (C=N–C) groups is 1. The zero-order valence-corrected chi connectivity index (χ0v) is 12.6. The first-order valence-corrected chi connectivity index (χ1v) is 6.86. The van der Waals surface area contributed by atoms with Gasteiger partial charge in [-0.1, -0.05) is 0 Å². The highest BCUT2D eigenvalue weighted by atomic mass is 16.5. The molecule has 126 valence electrons. The van der Waals surface area contributed by atoms with Gasteiger partial charge in [0.05, 0.1) is 24.1 Å². The summed E-state index contributed by atoms with van der Waals surface area (Å²) in [5, 5.41) is 20.4. The summed E-state index contributed by atoms with van der Waals surface area (Å²) in [5.41, 5.74) is -0.0295. The first kappa shape index (κ1) is 17.0. The van der Waals surface area contributed by atoms with Crippen LogP contribution in [0.4, 0.5) is 5.69 Å². The Morgan fingerprint density at radius 1 is 1.33 bits per heavy atom. The van der Waals surface area contributed by atoms with Crippen molar-refractivity contribution in [2.75, 3.05) is 18.5 Å². The lowest BCUT2D eigenvalue weighted by atomic mass is 10.1. The Morgan fingerprint density at radius 3 is 2.67 bits per heavy atom. The van der Waals surface area contributed by atoms with Crippen LogP contribution in [0.25, 0.3) is 0 Å². The molecule has 0 radical (unpaired) electrons. The van der Waals surface area contributed by atoms with Gasteiger partial charge in [-0.15, -0.1) is 0 Å². The fourth-order valence-corrected chi connectivity index (χ4v) is 1.84. The number of nitrogens with zero attached hydrogens (tertiary/aromatic N) is 1. The highest BCUT2D eigenvalue weighted by Gasteiger charge is 2.19. The van der Waals surface area contributed by atoms with Crippen LogP contribution in [0.2, 0.25) is 0 Å². The molecule has 9 nitrogen and oxygen atoms in total. The second-order valence-electron chi connectivity index (χ2n) is 4.57. The maximum absolute atomic E-state index is 11.7. The standard InChI is InChI=1S/C15H14N2O7/c1-2-23-15(22)8-3-4-10-11(5-8)24-7-12(17-10)16-6-9(13(18)19)14(20)21/h3-6H,2,7H2,1H3,(H,16,17)(H,18,19)(H,20,21). The van der Waals surface area contributed by atoms with Gasteiger partial charge in [0, 0.05) is 0 Å². The Labute approximate surface area is 136 Å². The minimum absolute atomic E-state index is 0.0394. The molecule has 0 unspecified atom stereocenters. The monoisotopic (exact) mass is 334 g/mol. The summed E-state index contributed by atoms with van der Waals surface area (Å²) < 4.78 is 10.3. The number of fused-ring (bicyclic) bond motifs is 1. The van der Waals surface area contributed by atoms with Crippen LogP contribution >= 0.6 is 0 Å². The van der Waals surface area contributed by atoms with Crippen molar-refractivity contribution >= 4 is 29.4 Å². The van der Waals surface area contributed by atoms with Crippen LogP contribution in [0, 0.1) is 0 Å². The third-order valence-corrected chi connectivity index (χ3v) is 2.95. The SMILES string of the molecule is CCOC(=O)c1ccc2c(c1)OCC(=NC=C(C(=O)O)C(=O)O)N2. The average Bonchev–Trinajstić information content (AvgIpc) is 2.54. The Bertz CT molecular complexity index is 736. The Kier molecular flexibility index (Phi) is 5.15. The fraction of sp³-hybridized carbons (Fsp3) is 0.200. The van der Waals surface area contributed by atoms with E-state index in [1.54, 1.807) is 13.0 Å². The molecule has 0 aromatic heterocycles. The van der Waals surface area contributed by atoms with Crippen molar-refractivity contribution in [3.05, 3.63) is 35.5 Å². The van der Waals surface area contributed by atoms with Crippen LogP contribution in [-0.4, -0.2) is 47.2 Å². The number of benzene rings is 1. The van der Waals surface area contributed by atoms with Gasteiger partial charge in [-0.05, 0) is 25.1 Å². The summed E-state index contributed by atoms with van der Waals surface area (Å²) in [6.45, 7) is 1.92. The van der Waals surface area contributed by atoms with E-state index in [1.807, 2.05) is 0 Å². The number of carboxylic acids is 2. The number of nitrogens with one attached hydrogen (secondary N) is 1. The molecule has 1 aromatic carbocycles. The van der Waals surface area contributed by atoms with Crippen molar-refractivity contribution in [1.82, 2.24) is 0 Å². The van der Waals surface area contributed by atoms with Gasteiger partial charge in [0.25, 0.3) is 0 Å². The molecule has 0 saturated heterocycles. The van der Waals surface area contributed by atoms with Crippen LogP contribution in [0.15, 0.2) is 35.0 Å². The zero-order valence-electron chi connectivity index (χ0n) is 12.6. The largest absolute Gasteiger partial charge is 0.483 e. The Balaban J connectivity index is 2.19. The highest BCUT2D eigenvalue weighted by molar-refractivity contribution is 6.12. The summed E-state index contributed by atoms with van der Waals surface area (Å²) in [4.78, 5) is 36.9. The minimum Gasteiger partial charge on any atom is -0.483 e. The van der Waals surface area contributed by atoms with Crippen LogP contribution in [0.5, 0.6) is 5.75 Å². The Morgan fingerprint density at radius 2 is 2.04 bits per heavy atom. The molecule has 1 aliphatic heterocycles. The molecule has 2 rings (SSSR count). The second kappa shape index (κ2) is 7.27. The van der Waals surface area contributed by atoms with Crippen LogP contribution in [0.1, 0.15) is 17.3 Å². The van der Waals surface area contributed by atoms with Crippen molar-refractivity contribution in [3.8, 4) is 5.75 Å². The molecule has 1 aliphatic rings. The molecular formula is C15H14N2O7. The molecule has 0 spiro atoms. The molecule has 0 aliphatic carbocycles. The molecule has 0 atom stereocenters. The van der Waals surface area contributed by atoms with Crippen molar-refractivity contribution in [2.24, 2.45) is 4.99 Å². The van der Waals surface area contributed by atoms with Gasteiger partial charge in [0.15, 0.2) is 5.57 Å². The number of anilines is 1. The molecule has 9 heteroatoms. The molecular weight excluding hydrogens is 320 g/mol. The van der Waals surface area contributed by atoms with E-state index in [2.05, 4.69) is 10.3 Å². The number of carboxylic acid groups (broad SMARTS) is 2. The van der Waals surface area contributed by atoms with Gasteiger partial charge in [0.2, 0.25) is 0 Å². The number of aliphatic carboxylic acids is 2.